The van der Waals surface area contributed by atoms with Gasteiger partial charge in [-0.1, -0.05) is 28.1 Å². The van der Waals surface area contributed by atoms with Gasteiger partial charge in [-0.15, -0.1) is 0 Å². The maximum absolute atomic E-state index is 12.1. The number of aromatic nitrogens is 2. The first-order valence-electron chi connectivity index (χ1n) is 7.55. The van der Waals surface area contributed by atoms with E-state index in [1.165, 1.54) is 0 Å². The number of aliphatic hydroxyl groups is 1. The third-order valence-electron chi connectivity index (χ3n) is 3.38. The first-order chi connectivity index (χ1) is 13.1. The number of halogens is 4. The number of nitrogens with zero attached hydrogens (tertiary/aromatic N) is 1. The number of aromatic amines is 1. The lowest BCUT2D eigenvalue weighted by Crippen LogP contribution is -2.21. The van der Waals surface area contributed by atoms with Crippen LogP contribution in [0.2, 0.25) is 0 Å². The third-order valence-corrected chi connectivity index (χ3v) is 3.91. The Morgan fingerprint density at radius 1 is 1.14 bits per heavy atom. The smallest absolute Gasteiger partial charge is 0.475 e. The van der Waals surface area contributed by atoms with Crippen LogP contribution in [0.5, 0.6) is 0 Å². The molecule has 1 aromatic heterocycles. The van der Waals surface area contributed by atoms with Crippen LogP contribution >= 0.6 is 15.9 Å². The van der Waals surface area contributed by atoms with Crippen molar-refractivity contribution in [3.63, 3.8) is 0 Å². The highest BCUT2D eigenvalue weighted by Gasteiger charge is 2.38. The molecule has 1 heterocycles. The molecule has 0 saturated carbocycles. The van der Waals surface area contributed by atoms with E-state index in [0.717, 1.165) is 15.4 Å². The molecule has 2 aromatic carbocycles. The summed E-state index contributed by atoms with van der Waals surface area (Å²) in [7, 11) is 0. The summed E-state index contributed by atoms with van der Waals surface area (Å²) in [6, 6.07) is 12.3. The largest absolute Gasteiger partial charge is 0.490 e. The Morgan fingerprint density at radius 3 is 2.32 bits per heavy atom. The van der Waals surface area contributed by atoms with Gasteiger partial charge in [0.25, 0.3) is 5.91 Å². The fraction of sp³-hybridized carbons (Fsp3) is 0.118. The van der Waals surface area contributed by atoms with Gasteiger partial charge in [0.2, 0.25) is 0 Å². The molecule has 0 spiro atoms. The molecule has 0 saturated heterocycles. The van der Waals surface area contributed by atoms with E-state index in [9.17, 15) is 23.1 Å². The molecule has 0 aliphatic rings. The number of carbonyl (C=O) groups is 2. The van der Waals surface area contributed by atoms with Gasteiger partial charge in [-0.3, -0.25) is 9.89 Å². The molecule has 11 heteroatoms. The van der Waals surface area contributed by atoms with Gasteiger partial charge in [0, 0.05) is 15.5 Å². The van der Waals surface area contributed by atoms with E-state index in [0.29, 0.717) is 11.3 Å². The number of rotatable bonds is 3. The average Bonchev–Trinajstić information content (AvgIpc) is 3.09. The standard InChI is InChI=1S/C15H12BrN3O2.C2HF3O2/c16-11-3-1-9(2-4-11)14(20)15(21)18-12-5-6-13-10(7-12)8-17-19-13;3-2(4,5)1(6)7/h1-8,14,20H,(H,17,19)(H,18,21);(H,6,7)/t14-;/m0./s1. The molecule has 0 aliphatic heterocycles. The van der Waals surface area contributed by atoms with Crippen LogP contribution in [0.4, 0.5) is 18.9 Å². The van der Waals surface area contributed by atoms with Crippen molar-refractivity contribution < 1.29 is 33.0 Å². The summed E-state index contributed by atoms with van der Waals surface area (Å²) in [5.74, 6) is -3.23. The predicted molar refractivity (Wildman–Crippen MR) is 97.5 cm³/mol. The summed E-state index contributed by atoms with van der Waals surface area (Å²) in [5.41, 5.74) is 2.05. The second-order valence-corrected chi connectivity index (χ2v) is 6.33. The molecule has 4 N–H and O–H groups in total. The Kier molecular flexibility index (Phi) is 6.75. The first kappa shape index (κ1) is 21.4. The third kappa shape index (κ3) is 5.79. The fourth-order valence-electron chi connectivity index (χ4n) is 2.03. The van der Waals surface area contributed by atoms with Crippen molar-refractivity contribution in [3.05, 3.63) is 58.7 Å². The van der Waals surface area contributed by atoms with E-state index in [2.05, 4.69) is 31.4 Å². The maximum Gasteiger partial charge on any atom is 0.490 e. The number of carboxylic acids is 1. The summed E-state index contributed by atoms with van der Waals surface area (Å²) in [4.78, 5) is 21.0. The molecule has 1 amide bonds. The Balaban J connectivity index is 0.000000345. The van der Waals surface area contributed by atoms with Crippen LogP contribution in [0.15, 0.2) is 53.1 Å². The number of anilines is 1. The lowest BCUT2D eigenvalue weighted by Gasteiger charge is -2.12. The molecule has 7 nitrogen and oxygen atoms in total. The first-order valence-corrected chi connectivity index (χ1v) is 8.35. The zero-order valence-electron chi connectivity index (χ0n) is 13.9. The molecular weight excluding hydrogens is 447 g/mol. The number of benzene rings is 2. The monoisotopic (exact) mass is 459 g/mol. The summed E-state index contributed by atoms with van der Waals surface area (Å²) in [5, 5.41) is 27.5. The van der Waals surface area contributed by atoms with Gasteiger partial charge < -0.3 is 15.5 Å². The summed E-state index contributed by atoms with van der Waals surface area (Å²) < 4.78 is 32.6. The summed E-state index contributed by atoms with van der Waals surface area (Å²) in [6.07, 6.45) is -4.62. The highest BCUT2D eigenvalue weighted by Crippen LogP contribution is 2.21. The van der Waals surface area contributed by atoms with E-state index < -0.39 is 24.2 Å². The van der Waals surface area contributed by atoms with Crippen LogP contribution in [0.25, 0.3) is 10.9 Å². The number of nitrogens with one attached hydrogen (secondary N) is 2. The molecule has 28 heavy (non-hydrogen) atoms. The number of carboxylic acid groups (broad SMARTS) is 1. The number of amides is 1. The number of hydrogen-bond donors (Lipinski definition) is 4. The molecule has 0 bridgehead atoms. The van der Waals surface area contributed by atoms with Crippen molar-refractivity contribution in [2.45, 2.75) is 12.3 Å². The molecule has 0 aliphatic carbocycles. The number of H-pyrrole nitrogens is 1. The van der Waals surface area contributed by atoms with Gasteiger partial charge in [0.05, 0.1) is 11.7 Å². The van der Waals surface area contributed by atoms with Crippen molar-refractivity contribution in [3.8, 4) is 0 Å². The van der Waals surface area contributed by atoms with Gasteiger partial charge in [-0.2, -0.15) is 18.3 Å². The Labute approximate surface area is 164 Å². The molecule has 3 aromatic rings. The van der Waals surface area contributed by atoms with Crippen molar-refractivity contribution in [1.29, 1.82) is 0 Å². The molecular formula is C17H13BrF3N3O4. The van der Waals surface area contributed by atoms with Gasteiger partial charge in [-0.25, -0.2) is 4.79 Å². The zero-order chi connectivity index (χ0) is 20.9. The highest BCUT2D eigenvalue weighted by molar-refractivity contribution is 9.10. The molecule has 1 atom stereocenters. The SMILES string of the molecule is O=C(Nc1ccc2[nH]ncc2c1)[C@@H](O)c1ccc(Br)cc1.O=C(O)C(F)(F)F. The van der Waals surface area contributed by atoms with Crippen molar-refractivity contribution in [1.82, 2.24) is 10.2 Å². The number of aliphatic carboxylic acids is 1. The van der Waals surface area contributed by atoms with Gasteiger partial charge in [0.15, 0.2) is 6.10 Å². The minimum Gasteiger partial charge on any atom is -0.475 e. The minimum absolute atomic E-state index is 0.472. The summed E-state index contributed by atoms with van der Waals surface area (Å²) >= 11 is 3.31. The van der Waals surface area contributed by atoms with Gasteiger partial charge >= 0.3 is 12.1 Å². The second kappa shape index (κ2) is 8.85. The highest BCUT2D eigenvalue weighted by atomic mass is 79.9. The molecule has 0 unspecified atom stereocenters. The second-order valence-electron chi connectivity index (χ2n) is 5.42. The quantitative estimate of drug-likeness (QED) is 0.477. The van der Waals surface area contributed by atoms with Crippen LogP contribution < -0.4 is 5.32 Å². The minimum atomic E-state index is -5.08. The maximum atomic E-state index is 12.1. The van der Waals surface area contributed by atoms with E-state index in [4.69, 9.17) is 9.90 Å². The molecule has 3 rings (SSSR count). The Morgan fingerprint density at radius 2 is 1.75 bits per heavy atom. The van der Waals surface area contributed by atoms with Crippen molar-refractivity contribution in [2.24, 2.45) is 0 Å². The molecule has 148 valence electrons. The fourth-order valence-corrected chi connectivity index (χ4v) is 2.29. The van der Waals surface area contributed by atoms with Crippen LogP contribution in [0.1, 0.15) is 11.7 Å². The number of aliphatic hydroxyl groups excluding tert-OH is 1. The van der Waals surface area contributed by atoms with Crippen LogP contribution in [0.3, 0.4) is 0 Å². The van der Waals surface area contributed by atoms with Crippen LogP contribution in [0, 0.1) is 0 Å². The zero-order valence-corrected chi connectivity index (χ0v) is 15.5. The number of alkyl halides is 3. The van der Waals surface area contributed by atoms with Crippen molar-refractivity contribution >= 4 is 44.4 Å². The van der Waals surface area contributed by atoms with Crippen LogP contribution in [-0.2, 0) is 9.59 Å². The van der Waals surface area contributed by atoms with Crippen molar-refractivity contribution in [2.75, 3.05) is 5.32 Å². The van der Waals surface area contributed by atoms with E-state index >= 15 is 0 Å². The Bertz CT molecular complexity index is 974. The van der Waals surface area contributed by atoms with Crippen LogP contribution in [-0.4, -0.2) is 38.5 Å². The lowest BCUT2D eigenvalue weighted by atomic mass is 10.1. The van der Waals surface area contributed by atoms with Gasteiger partial charge in [0.1, 0.15) is 0 Å². The predicted octanol–water partition coefficient (Wildman–Crippen LogP) is 3.63. The number of fused-ring (bicyclic) bond motifs is 1. The van der Waals surface area contributed by atoms with Gasteiger partial charge in [-0.05, 0) is 35.9 Å². The number of hydrogen-bond acceptors (Lipinski definition) is 4. The van der Waals surface area contributed by atoms with E-state index in [1.54, 1.807) is 42.6 Å². The molecule has 0 fully saturated rings. The van der Waals surface area contributed by atoms with E-state index in [-0.39, 0.29) is 0 Å². The number of carbonyl (C=O) groups excluding carboxylic acids is 1. The Hall–Kier alpha value is -2.92. The van der Waals surface area contributed by atoms with E-state index in [1.807, 2.05) is 6.07 Å². The molecule has 0 radical (unpaired) electrons. The lowest BCUT2D eigenvalue weighted by molar-refractivity contribution is -0.192. The topological polar surface area (TPSA) is 115 Å². The average molecular weight is 460 g/mol. The normalized spacial score (nSPS) is 12.0. The summed E-state index contributed by atoms with van der Waals surface area (Å²) in [6.45, 7) is 0.